The summed E-state index contributed by atoms with van der Waals surface area (Å²) < 4.78 is 1.67. The smallest absolute Gasteiger partial charge is 0.253 e. The molecule has 0 bridgehead atoms. The molecule has 7 heteroatoms. The summed E-state index contributed by atoms with van der Waals surface area (Å²) in [5.41, 5.74) is 2.29. The first kappa shape index (κ1) is 15.2. The Hall–Kier alpha value is -2.73. The Morgan fingerprint density at radius 3 is 2.65 bits per heavy atom. The Morgan fingerprint density at radius 1 is 1.22 bits per heavy atom. The molecular formula is C16H14ClN5O. The minimum Gasteiger partial charge on any atom is -0.345 e. The monoisotopic (exact) mass is 327 g/mol. The van der Waals surface area contributed by atoms with Crippen LogP contribution in [-0.2, 0) is 0 Å². The molecule has 1 aromatic carbocycles. The third kappa shape index (κ3) is 3.37. The molecule has 6 nitrogen and oxygen atoms in total. The molecule has 1 unspecified atom stereocenters. The van der Waals surface area contributed by atoms with E-state index in [1.807, 2.05) is 31.2 Å². The van der Waals surface area contributed by atoms with E-state index in [1.165, 1.54) is 6.20 Å². The van der Waals surface area contributed by atoms with Gasteiger partial charge in [0.05, 0.1) is 34.7 Å². The SMILES string of the molecule is CC(NC(=O)c1ccncc1Cl)c1ccc(-n2ccnn2)cc1. The fourth-order valence-corrected chi connectivity index (χ4v) is 2.38. The maximum absolute atomic E-state index is 12.3. The molecule has 116 valence electrons. The molecule has 1 N–H and O–H groups in total. The van der Waals surface area contributed by atoms with Crippen LogP contribution in [0.25, 0.3) is 5.69 Å². The lowest BCUT2D eigenvalue weighted by atomic mass is 10.1. The summed E-state index contributed by atoms with van der Waals surface area (Å²) in [5.74, 6) is -0.231. The lowest BCUT2D eigenvalue weighted by Crippen LogP contribution is -2.26. The number of amides is 1. The highest BCUT2D eigenvalue weighted by molar-refractivity contribution is 6.33. The van der Waals surface area contributed by atoms with Crippen molar-refractivity contribution < 1.29 is 4.79 Å². The number of halogens is 1. The van der Waals surface area contributed by atoms with E-state index < -0.39 is 0 Å². The third-order valence-corrected chi connectivity index (χ3v) is 3.75. The molecule has 0 saturated heterocycles. The number of hydrogen-bond donors (Lipinski definition) is 1. The highest BCUT2D eigenvalue weighted by Gasteiger charge is 2.14. The van der Waals surface area contributed by atoms with Gasteiger partial charge in [0, 0.05) is 12.4 Å². The molecular weight excluding hydrogens is 314 g/mol. The number of aromatic nitrogens is 4. The van der Waals surface area contributed by atoms with Gasteiger partial charge in [-0.25, -0.2) is 4.68 Å². The number of nitrogens with one attached hydrogen (secondary N) is 1. The van der Waals surface area contributed by atoms with Gasteiger partial charge >= 0.3 is 0 Å². The minimum absolute atomic E-state index is 0.156. The van der Waals surface area contributed by atoms with Crippen LogP contribution in [0.5, 0.6) is 0 Å². The number of pyridine rings is 1. The van der Waals surface area contributed by atoms with Crippen LogP contribution in [0.4, 0.5) is 0 Å². The highest BCUT2D eigenvalue weighted by Crippen LogP contribution is 2.18. The van der Waals surface area contributed by atoms with Crippen molar-refractivity contribution in [2.45, 2.75) is 13.0 Å². The number of nitrogens with zero attached hydrogens (tertiary/aromatic N) is 4. The van der Waals surface area contributed by atoms with Crippen LogP contribution in [0, 0.1) is 0 Å². The number of hydrogen-bond acceptors (Lipinski definition) is 4. The Bertz CT molecular complexity index is 802. The quantitative estimate of drug-likeness (QED) is 0.799. The van der Waals surface area contributed by atoms with Crippen molar-refractivity contribution in [3.05, 3.63) is 71.3 Å². The molecule has 0 aliphatic heterocycles. The van der Waals surface area contributed by atoms with Crippen molar-refractivity contribution in [2.75, 3.05) is 0 Å². The lowest BCUT2D eigenvalue weighted by molar-refractivity contribution is 0.0940. The average Bonchev–Trinajstić information content (AvgIpc) is 3.09. The number of benzene rings is 1. The Labute approximate surface area is 138 Å². The van der Waals surface area contributed by atoms with E-state index in [-0.39, 0.29) is 11.9 Å². The van der Waals surface area contributed by atoms with E-state index in [2.05, 4.69) is 20.6 Å². The van der Waals surface area contributed by atoms with Gasteiger partial charge in [0.25, 0.3) is 5.91 Å². The molecule has 1 amide bonds. The third-order valence-electron chi connectivity index (χ3n) is 3.44. The van der Waals surface area contributed by atoms with E-state index in [9.17, 15) is 4.79 Å². The van der Waals surface area contributed by atoms with E-state index in [0.717, 1.165) is 11.3 Å². The fraction of sp³-hybridized carbons (Fsp3) is 0.125. The molecule has 1 atom stereocenters. The van der Waals surface area contributed by atoms with Crippen LogP contribution in [0.2, 0.25) is 5.02 Å². The molecule has 0 aliphatic rings. The maximum Gasteiger partial charge on any atom is 0.253 e. The number of carbonyl (C=O) groups excluding carboxylic acids is 1. The first-order valence-electron chi connectivity index (χ1n) is 7.02. The fourth-order valence-electron chi connectivity index (χ4n) is 2.18. The molecule has 2 aromatic heterocycles. The summed E-state index contributed by atoms with van der Waals surface area (Å²) in [7, 11) is 0. The summed E-state index contributed by atoms with van der Waals surface area (Å²) in [6, 6.07) is 9.17. The van der Waals surface area contributed by atoms with Gasteiger partial charge < -0.3 is 5.32 Å². The second-order valence-corrected chi connectivity index (χ2v) is 5.40. The van der Waals surface area contributed by atoms with Gasteiger partial charge in [-0.2, -0.15) is 0 Å². The molecule has 3 rings (SSSR count). The summed E-state index contributed by atoms with van der Waals surface area (Å²) in [6.07, 6.45) is 6.38. The standard InChI is InChI=1S/C16H14ClN5O/c1-11(20-16(23)14-6-7-18-10-15(14)17)12-2-4-13(5-3-12)22-9-8-19-21-22/h2-11H,1H3,(H,20,23). The van der Waals surface area contributed by atoms with E-state index in [0.29, 0.717) is 10.6 Å². The lowest BCUT2D eigenvalue weighted by Gasteiger charge is -2.15. The van der Waals surface area contributed by atoms with Gasteiger partial charge in [0.1, 0.15) is 0 Å². The zero-order chi connectivity index (χ0) is 16.2. The molecule has 0 fully saturated rings. The van der Waals surface area contributed by atoms with E-state index in [1.54, 1.807) is 29.3 Å². The average molecular weight is 328 g/mol. The normalized spacial score (nSPS) is 11.9. The zero-order valence-electron chi connectivity index (χ0n) is 12.3. The number of carbonyl (C=O) groups is 1. The van der Waals surface area contributed by atoms with Crippen molar-refractivity contribution in [1.29, 1.82) is 0 Å². The van der Waals surface area contributed by atoms with Crippen molar-refractivity contribution in [3.8, 4) is 5.69 Å². The molecule has 0 aliphatic carbocycles. The molecule has 23 heavy (non-hydrogen) atoms. The van der Waals surface area contributed by atoms with Gasteiger partial charge in [0.2, 0.25) is 0 Å². The van der Waals surface area contributed by atoms with Crippen molar-refractivity contribution >= 4 is 17.5 Å². The van der Waals surface area contributed by atoms with Gasteiger partial charge in [-0.05, 0) is 30.7 Å². The molecule has 3 aromatic rings. The summed E-state index contributed by atoms with van der Waals surface area (Å²) >= 11 is 5.99. The van der Waals surface area contributed by atoms with Crippen LogP contribution >= 0.6 is 11.6 Å². The van der Waals surface area contributed by atoms with Crippen molar-refractivity contribution in [3.63, 3.8) is 0 Å². The zero-order valence-corrected chi connectivity index (χ0v) is 13.1. The second kappa shape index (κ2) is 6.58. The first-order valence-corrected chi connectivity index (χ1v) is 7.40. The van der Waals surface area contributed by atoms with Crippen LogP contribution in [0.1, 0.15) is 28.9 Å². The van der Waals surface area contributed by atoms with E-state index in [4.69, 9.17) is 11.6 Å². The van der Waals surface area contributed by atoms with Crippen LogP contribution in [-0.4, -0.2) is 25.9 Å². The molecule has 2 heterocycles. The first-order chi connectivity index (χ1) is 11.1. The number of rotatable bonds is 4. The summed E-state index contributed by atoms with van der Waals surface area (Å²) in [4.78, 5) is 16.1. The van der Waals surface area contributed by atoms with Gasteiger partial charge in [-0.15, -0.1) is 5.10 Å². The Balaban J connectivity index is 1.72. The molecule has 0 spiro atoms. The minimum atomic E-state index is -0.231. The molecule has 0 saturated carbocycles. The highest BCUT2D eigenvalue weighted by atomic mass is 35.5. The van der Waals surface area contributed by atoms with Crippen LogP contribution in [0.15, 0.2) is 55.1 Å². The Kier molecular flexibility index (Phi) is 4.34. The second-order valence-electron chi connectivity index (χ2n) is 4.99. The van der Waals surface area contributed by atoms with Gasteiger partial charge in [0.15, 0.2) is 0 Å². The Morgan fingerprint density at radius 2 is 2.00 bits per heavy atom. The maximum atomic E-state index is 12.3. The van der Waals surface area contributed by atoms with Gasteiger partial charge in [-0.1, -0.05) is 28.9 Å². The summed E-state index contributed by atoms with van der Waals surface area (Å²) in [5, 5.41) is 11.0. The van der Waals surface area contributed by atoms with Crippen molar-refractivity contribution in [2.24, 2.45) is 0 Å². The topological polar surface area (TPSA) is 72.7 Å². The molecule has 0 radical (unpaired) electrons. The van der Waals surface area contributed by atoms with Crippen LogP contribution < -0.4 is 5.32 Å². The predicted molar refractivity (Wildman–Crippen MR) is 86.5 cm³/mol. The predicted octanol–water partition coefficient (Wildman–Crippen LogP) is 2.81. The van der Waals surface area contributed by atoms with Crippen molar-refractivity contribution in [1.82, 2.24) is 25.3 Å². The summed E-state index contributed by atoms with van der Waals surface area (Å²) in [6.45, 7) is 1.91. The van der Waals surface area contributed by atoms with E-state index >= 15 is 0 Å². The largest absolute Gasteiger partial charge is 0.345 e. The van der Waals surface area contributed by atoms with Crippen LogP contribution in [0.3, 0.4) is 0 Å². The van der Waals surface area contributed by atoms with Gasteiger partial charge in [-0.3, -0.25) is 9.78 Å².